The largest absolute Gasteiger partial charge is 0.493 e. The fourth-order valence-corrected chi connectivity index (χ4v) is 2.33. The van der Waals surface area contributed by atoms with Crippen molar-refractivity contribution in [2.24, 2.45) is 0 Å². The predicted octanol–water partition coefficient (Wildman–Crippen LogP) is 3.35. The van der Waals surface area contributed by atoms with Crippen molar-refractivity contribution in [3.8, 4) is 17.0 Å². The standard InChI is InChI=1S/C16H20N2O2/c1-4-11(5-2)14-17-15(19)13(16(20)18-14)12-8-6-10(3)7-9-12/h6-9,11H,4-5H2,1-3H3,(H2,17,18,19,20). The van der Waals surface area contributed by atoms with Crippen molar-refractivity contribution >= 4 is 0 Å². The zero-order valence-electron chi connectivity index (χ0n) is 12.1. The molecule has 0 atom stereocenters. The monoisotopic (exact) mass is 272 g/mol. The number of H-pyrrole nitrogens is 1. The maximum atomic E-state index is 12.2. The smallest absolute Gasteiger partial charge is 0.262 e. The van der Waals surface area contributed by atoms with Crippen molar-refractivity contribution in [1.29, 1.82) is 0 Å². The number of aryl methyl sites for hydroxylation is 1. The molecule has 4 nitrogen and oxygen atoms in total. The minimum absolute atomic E-state index is 0.167. The van der Waals surface area contributed by atoms with Gasteiger partial charge in [-0.3, -0.25) is 4.79 Å². The van der Waals surface area contributed by atoms with Gasteiger partial charge in [-0.05, 0) is 25.3 Å². The summed E-state index contributed by atoms with van der Waals surface area (Å²) in [6.07, 6.45) is 1.76. The Morgan fingerprint density at radius 1 is 1.20 bits per heavy atom. The van der Waals surface area contributed by atoms with E-state index in [2.05, 4.69) is 9.97 Å². The van der Waals surface area contributed by atoms with Gasteiger partial charge >= 0.3 is 0 Å². The van der Waals surface area contributed by atoms with Crippen LogP contribution in [0.5, 0.6) is 5.88 Å². The van der Waals surface area contributed by atoms with Crippen molar-refractivity contribution in [1.82, 2.24) is 9.97 Å². The molecule has 20 heavy (non-hydrogen) atoms. The summed E-state index contributed by atoms with van der Waals surface area (Å²) in [5.41, 5.74) is 1.73. The van der Waals surface area contributed by atoms with Crippen LogP contribution >= 0.6 is 0 Å². The van der Waals surface area contributed by atoms with E-state index in [0.29, 0.717) is 11.4 Å². The Balaban J connectivity index is 2.51. The van der Waals surface area contributed by atoms with Gasteiger partial charge in [0.2, 0.25) is 5.88 Å². The van der Waals surface area contributed by atoms with E-state index in [0.717, 1.165) is 18.4 Å². The van der Waals surface area contributed by atoms with E-state index in [1.165, 1.54) is 0 Å². The molecule has 0 bridgehead atoms. The summed E-state index contributed by atoms with van der Waals surface area (Å²) >= 11 is 0. The number of aromatic amines is 1. The van der Waals surface area contributed by atoms with Crippen LogP contribution in [-0.2, 0) is 0 Å². The summed E-state index contributed by atoms with van der Waals surface area (Å²) in [5, 5.41) is 10.1. The van der Waals surface area contributed by atoms with Gasteiger partial charge in [-0.15, -0.1) is 0 Å². The molecular weight excluding hydrogens is 252 g/mol. The lowest BCUT2D eigenvalue weighted by Crippen LogP contribution is -2.16. The zero-order valence-corrected chi connectivity index (χ0v) is 12.1. The van der Waals surface area contributed by atoms with Crippen LogP contribution in [0.4, 0.5) is 0 Å². The number of hydrogen-bond acceptors (Lipinski definition) is 3. The lowest BCUT2D eigenvalue weighted by Gasteiger charge is -2.13. The number of nitrogens with zero attached hydrogens (tertiary/aromatic N) is 1. The number of benzene rings is 1. The first-order valence-electron chi connectivity index (χ1n) is 6.97. The second kappa shape index (κ2) is 5.90. The molecule has 1 aromatic heterocycles. The van der Waals surface area contributed by atoms with Crippen LogP contribution < -0.4 is 5.56 Å². The third kappa shape index (κ3) is 2.74. The normalized spacial score (nSPS) is 11.0. The lowest BCUT2D eigenvalue weighted by atomic mass is 10.0. The molecule has 0 spiro atoms. The van der Waals surface area contributed by atoms with Gasteiger partial charge in [0.25, 0.3) is 5.56 Å². The molecule has 4 heteroatoms. The van der Waals surface area contributed by atoms with Gasteiger partial charge in [-0.25, -0.2) is 0 Å². The van der Waals surface area contributed by atoms with Crippen molar-refractivity contribution < 1.29 is 5.11 Å². The van der Waals surface area contributed by atoms with Gasteiger partial charge < -0.3 is 10.1 Å². The van der Waals surface area contributed by atoms with Crippen LogP contribution in [0, 0.1) is 6.92 Å². The molecule has 0 radical (unpaired) electrons. The maximum Gasteiger partial charge on any atom is 0.262 e. The fourth-order valence-electron chi connectivity index (χ4n) is 2.33. The van der Waals surface area contributed by atoms with E-state index in [4.69, 9.17) is 0 Å². The first kappa shape index (κ1) is 14.3. The molecular formula is C16H20N2O2. The maximum absolute atomic E-state index is 12.2. The van der Waals surface area contributed by atoms with Crippen LogP contribution in [-0.4, -0.2) is 15.1 Å². The van der Waals surface area contributed by atoms with E-state index in [9.17, 15) is 9.90 Å². The Bertz CT molecular complexity index is 641. The van der Waals surface area contributed by atoms with E-state index in [-0.39, 0.29) is 22.9 Å². The van der Waals surface area contributed by atoms with Crippen LogP contribution in [0.25, 0.3) is 11.1 Å². The molecule has 0 saturated heterocycles. The fraction of sp³-hybridized carbons (Fsp3) is 0.375. The van der Waals surface area contributed by atoms with E-state index in [1.807, 2.05) is 45.0 Å². The molecule has 0 aliphatic rings. The molecule has 0 aliphatic heterocycles. The van der Waals surface area contributed by atoms with Crippen molar-refractivity contribution in [3.05, 3.63) is 46.0 Å². The summed E-state index contributed by atoms with van der Waals surface area (Å²) in [4.78, 5) is 19.2. The van der Waals surface area contributed by atoms with Crippen molar-refractivity contribution in [2.75, 3.05) is 0 Å². The third-order valence-electron chi connectivity index (χ3n) is 3.63. The van der Waals surface area contributed by atoms with E-state index < -0.39 is 0 Å². The molecule has 0 unspecified atom stereocenters. The third-order valence-corrected chi connectivity index (χ3v) is 3.63. The van der Waals surface area contributed by atoms with Crippen molar-refractivity contribution in [2.45, 2.75) is 39.5 Å². The first-order valence-corrected chi connectivity index (χ1v) is 6.97. The van der Waals surface area contributed by atoms with Crippen LogP contribution in [0.1, 0.15) is 44.0 Å². The van der Waals surface area contributed by atoms with Gasteiger partial charge in [0.15, 0.2) is 0 Å². The molecule has 0 aliphatic carbocycles. The Kier molecular flexibility index (Phi) is 4.23. The number of rotatable bonds is 4. The summed E-state index contributed by atoms with van der Waals surface area (Å²) in [5.74, 6) is 0.536. The average Bonchev–Trinajstić information content (AvgIpc) is 2.41. The Morgan fingerprint density at radius 3 is 2.30 bits per heavy atom. The second-order valence-corrected chi connectivity index (χ2v) is 5.03. The highest BCUT2D eigenvalue weighted by atomic mass is 16.3. The van der Waals surface area contributed by atoms with Gasteiger partial charge in [0.05, 0.1) is 0 Å². The minimum Gasteiger partial charge on any atom is -0.493 e. The Hall–Kier alpha value is -2.10. The highest BCUT2D eigenvalue weighted by Gasteiger charge is 2.16. The average molecular weight is 272 g/mol. The highest BCUT2D eigenvalue weighted by molar-refractivity contribution is 5.67. The number of aromatic nitrogens is 2. The van der Waals surface area contributed by atoms with Crippen LogP contribution in [0.2, 0.25) is 0 Å². The summed E-state index contributed by atoms with van der Waals surface area (Å²) in [7, 11) is 0. The molecule has 0 amide bonds. The summed E-state index contributed by atoms with van der Waals surface area (Å²) in [6.45, 7) is 6.06. The second-order valence-electron chi connectivity index (χ2n) is 5.03. The molecule has 0 fully saturated rings. The minimum atomic E-state index is -0.289. The van der Waals surface area contributed by atoms with Gasteiger partial charge in [0.1, 0.15) is 11.4 Å². The molecule has 1 heterocycles. The topological polar surface area (TPSA) is 66.0 Å². The summed E-state index contributed by atoms with van der Waals surface area (Å²) < 4.78 is 0. The molecule has 1 aromatic carbocycles. The zero-order chi connectivity index (χ0) is 14.7. The number of hydrogen-bond donors (Lipinski definition) is 2. The number of aromatic hydroxyl groups is 1. The molecule has 2 aromatic rings. The van der Waals surface area contributed by atoms with E-state index >= 15 is 0 Å². The van der Waals surface area contributed by atoms with Gasteiger partial charge in [0, 0.05) is 5.92 Å². The van der Waals surface area contributed by atoms with Gasteiger partial charge in [-0.1, -0.05) is 43.7 Å². The van der Waals surface area contributed by atoms with Crippen molar-refractivity contribution in [3.63, 3.8) is 0 Å². The summed E-state index contributed by atoms with van der Waals surface area (Å²) in [6, 6.07) is 7.45. The highest BCUT2D eigenvalue weighted by Crippen LogP contribution is 2.26. The Labute approximate surface area is 118 Å². The van der Waals surface area contributed by atoms with Crippen LogP contribution in [0.3, 0.4) is 0 Å². The predicted molar refractivity (Wildman–Crippen MR) is 80.0 cm³/mol. The molecule has 0 saturated carbocycles. The first-order chi connectivity index (χ1) is 9.56. The SMILES string of the molecule is CCC(CC)c1nc(O)c(-c2ccc(C)cc2)c(=O)[nH]1. The molecule has 2 N–H and O–H groups in total. The van der Waals surface area contributed by atoms with Crippen LogP contribution in [0.15, 0.2) is 29.1 Å². The van der Waals surface area contributed by atoms with Gasteiger partial charge in [-0.2, -0.15) is 4.98 Å². The number of nitrogens with one attached hydrogen (secondary N) is 1. The molecule has 2 rings (SSSR count). The molecule has 106 valence electrons. The Morgan fingerprint density at radius 2 is 1.80 bits per heavy atom. The lowest BCUT2D eigenvalue weighted by molar-refractivity contribution is 0.444. The van der Waals surface area contributed by atoms with E-state index in [1.54, 1.807) is 0 Å². The quantitative estimate of drug-likeness (QED) is 0.897.